The van der Waals surface area contributed by atoms with Gasteiger partial charge < -0.3 is 9.47 Å². The molecule has 114 valence electrons. The maximum absolute atomic E-state index is 4.22. The summed E-state index contributed by atoms with van der Waals surface area (Å²) < 4.78 is 2.21. The van der Waals surface area contributed by atoms with Gasteiger partial charge in [0, 0.05) is 24.2 Å². The molecule has 0 N–H and O–H groups in total. The average molecular weight is 278 g/mol. The van der Waals surface area contributed by atoms with E-state index < -0.39 is 0 Å². The molecule has 0 saturated carbocycles. The van der Waals surface area contributed by atoms with Gasteiger partial charge in [0.1, 0.15) is 0 Å². The molecule has 2 aromatic rings. The number of rotatable bonds is 3. The van der Waals surface area contributed by atoms with Crippen molar-refractivity contribution >= 4 is 11.0 Å². The maximum Gasteiger partial charge on any atom is 0.163 e. The molecule has 0 saturated heterocycles. The van der Waals surface area contributed by atoms with Gasteiger partial charge in [-0.15, -0.1) is 5.10 Å². The molecular weight excluding hydrogens is 248 g/mol. The highest BCUT2D eigenvalue weighted by Crippen LogP contribution is 2.21. The largest absolute Gasteiger partial charge is 0.327 e. The lowest BCUT2D eigenvalue weighted by molar-refractivity contribution is 0.340. The van der Waals surface area contributed by atoms with Gasteiger partial charge in [0.25, 0.3) is 0 Å². The van der Waals surface area contributed by atoms with Crippen LogP contribution in [0.5, 0.6) is 0 Å². The van der Waals surface area contributed by atoms with Crippen LogP contribution in [0.2, 0.25) is 0 Å². The first kappa shape index (κ1) is 18.6. The number of fused-ring (bicyclic) bond motifs is 1. The van der Waals surface area contributed by atoms with Crippen LogP contribution in [0.4, 0.5) is 0 Å². The number of hydrogen-bond acceptors (Lipinski definition) is 3. The van der Waals surface area contributed by atoms with Gasteiger partial charge in [0.2, 0.25) is 0 Å². The van der Waals surface area contributed by atoms with Crippen LogP contribution in [0.3, 0.4) is 0 Å². The van der Waals surface area contributed by atoms with Crippen LogP contribution >= 0.6 is 0 Å². The molecule has 0 aliphatic rings. The van der Waals surface area contributed by atoms with Gasteiger partial charge in [-0.05, 0) is 39.6 Å². The highest BCUT2D eigenvalue weighted by molar-refractivity contribution is 5.79. The van der Waals surface area contributed by atoms with Crippen molar-refractivity contribution in [2.75, 3.05) is 20.6 Å². The maximum atomic E-state index is 4.22. The minimum atomic E-state index is 0.405. The molecule has 4 heteroatoms. The number of likely N-dealkylation sites (N-methyl/N-ethyl adjacent to an activating group) is 1. The molecule has 2 heterocycles. The van der Waals surface area contributed by atoms with Gasteiger partial charge in [-0.1, -0.05) is 27.7 Å². The lowest BCUT2D eigenvalue weighted by atomic mass is 10.3. The first-order valence-electron chi connectivity index (χ1n) is 7.53. The van der Waals surface area contributed by atoms with Gasteiger partial charge >= 0.3 is 0 Å². The summed E-state index contributed by atoms with van der Waals surface area (Å²) in [5, 5.41) is 9.38. The van der Waals surface area contributed by atoms with E-state index >= 15 is 0 Å². The fourth-order valence-electron chi connectivity index (χ4n) is 2.11. The third-order valence-electron chi connectivity index (χ3n) is 2.81. The summed E-state index contributed by atoms with van der Waals surface area (Å²) in [6.45, 7) is 13.3. The summed E-state index contributed by atoms with van der Waals surface area (Å²) in [6, 6.07) is 2.43. The van der Waals surface area contributed by atoms with E-state index in [1.54, 1.807) is 6.20 Å². The van der Waals surface area contributed by atoms with Crippen molar-refractivity contribution in [2.45, 2.75) is 47.6 Å². The Balaban J connectivity index is 0.000000829. The Hall–Kier alpha value is -1.42. The molecule has 0 spiro atoms. The molecule has 1 atom stereocenters. The van der Waals surface area contributed by atoms with Crippen molar-refractivity contribution in [1.82, 2.24) is 19.7 Å². The SMILES string of the molecule is CC.CC.Cc1cn([C@@H](C)CN(C)C)c2nnccc12. The Morgan fingerprint density at radius 1 is 1.20 bits per heavy atom. The molecule has 2 aromatic heterocycles. The zero-order valence-electron chi connectivity index (χ0n) is 14.3. The summed E-state index contributed by atoms with van der Waals surface area (Å²) >= 11 is 0. The molecule has 20 heavy (non-hydrogen) atoms. The third kappa shape index (κ3) is 4.60. The molecule has 4 nitrogen and oxygen atoms in total. The normalized spacial score (nSPS) is 11.4. The number of hydrogen-bond donors (Lipinski definition) is 0. The Morgan fingerprint density at radius 2 is 1.80 bits per heavy atom. The molecule has 0 bridgehead atoms. The summed E-state index contributed by atoms with van der Waals surface area (Å²) in [5.41, 5.74) is 2.24. The van der Waals surface area contributed by atoms with Gasteiger partial charge in [0.05, 0.1) is 6.20 Å². The lowest BCUT2D eigenvalue weighted by Crippen LogP contribution is -2.22. The Morgan fingerprint density at radius 3 is 2.35 bits per heavy atom. The topological polar surface area (TPSA) is 34.0 Å². The fourth-order valence-corrected chi connectivity index (χ4v) is 2.11. The van der Waals surface area contributed by atoms with E-state index in [0.717, 1.165) is 12.2 Å². The Bertz CT molecular complexity index is 488. The van der Waals surface area contributed by atoms with Crippen LogP contribution in [0, 0.1) is 6.92 Å². The van der Waals surface area contributed by atoms with Crippen molar-refractivity contribution in [3.8, 4) is 0 Å². The van der Waals surface area contributed by atoms with Gasteiger partial charge in [-0.2, -0.15) is 5.10 Å². The summed E-state index contributed by atoms with van der Waals surface area (Å²) in [4.78, 5) is 2.18. The molecule has 2 rings (SSSR count). The fraction of sp³-hybridized carbons (Fsp3) is 0.625. The third-order valence-corrected chi connectivity index (χ3v) is 2.81. The van der Waals surface area contributed by atoms with Crippen LogP contribution in [-0.2, 0) is 0 Å². The lowest BCUT2D eigenvalue weighted by Gasteiger charge is -2.18. The van der Waals surface area contributed by atoms with Gasteiger partial charge in [-0.3, -0.25) is 0 Å². The average Bonchev–Trinajstić information content (AvgIpc) is 2.81. The summed E-state index contributed by atoms with van der Waals surface area (Å²) in [6.07, 6.45) is 3.91. The quantitative estimate of drug-likeness (QED) is 0.853. The highest BCUT2D eigenvalue weighted by atomic mass is 15.2. The zero-order chi connectivity index (χ0) is 15.7. The van der Waals surface area contributed by atoms with E-state index in [1.165, 1.54) is 10.9 Å². The monoisotopic (exact) mass is 278 g/mol. The standard InChI is InChI=1S/C12H18N4.2C2H6/c1-9-7-16(10(2)8-15(3)4)12-11(9)5-6-13-14-12;2*1-2/h5-7,10H,8H2,1-4H3;2*1-2H3/t10-;;/m0../s1. The van der Waals surface area contributed by atoms with E-state index in [4.69, 9.17) is 0 Å². The number of aromatic nitrogens is 3. The van der Waals surface area contributed by atoms with E-state index in [2.05, 4.69) is 53.8 Å². The van der Waals surface area contributed by atoms with Crippen molar-refractivity contribution in [1.29, 1.82) is 0 Å². The van der Waals surface area contributed by atoms with Crippen molar-refractivity contribution < 1.29 is 0 Å². The van der Waals surface area contributed by atoms with Gasteiger partial charge in [-0.25, -0.2) is 0 Å². The van der Waals surface area contributed by atoms with Crippen LogP contribution in [-0.4, -0.2) is 40.3 Å². The highest BCUT2D eigenvalue weighted by Gasteiger charge is 2.12. The first-order chi connectivity index (χ1) is 9.59. The molecule has 0 aliphatic heterocycles. The van der Waals surface area contributed by atoms with Crippen molar-refractivity contribution in [3.05, 3.63) is 24.0 Å². The van der Waals surface area contributed by atoms with Gasteiger partial charge in [0.15, 0.2) is 5.65 Å². The predicted molar refractivity (Wildman–Crippen MR) is 88.2 cm³/mol. The Labute approximate surface area is 123 Å². The molecule has 0 aromatic carbocycles. The van der Waals surface area contributed by atoms with Crippen molar-refractivity contribution in [2.24, 2.45) is 0 Å². The van der Waals surface area contributed by atoms with Crippen molar-refractivity contribution in [3.63, 3.8) is 0 Å². The molecule has 0 radical (unpaired) electrons. The molecule has 0 unspecified atom stereocenters. The molecular formula is C16H30N4. The van der Waals surface area contributed by atoms with E-state index in [-0.39, 0.29) is 0 Å². The minimum absolute atomic E-state index is 0.405. The number of nitrogens with zero attached hydrogens (tertiary/aromatic N) is 4. The second kappa shape index (κ2) is 9.48. The predicted octanol–water partition coefficient (Wildman–Crippen LogP) is 3.91. The van der Waals surface area contributed by atoms with Crippen LogP contribution < -0.4 is 0 Å². The minimum Gasteiger partial charge on any atom is -0.327 e. The Kier molecular flexibility index (Phi) is 8.81. The summed E-state index contributed by atoms with van der Waals surface area (Å²) in [7, 11) is 4.17. The smallest absolute Gasteiger partial charge is 0.163 e. The molecule has 0 amide bonds. The van der Waals surface area contributed by atoms with E-state index in [9.17, 15) is 0 Å². The second-order valence-corrected chi connectivity index (χ2v) is 4.60. The van der Waals surface area contributed by atoms with E-state index in [1.807, 2.05) is 33.8 Å². The molecule has 0 fully saturated rings. The first-order valence-corrected chi connectivity index (χ1v) is 7.53. The van der Waals surface area contributed by atoms with E-state index in [0.29, 0.717) is 6.04 Å². The zero-order valence-corrected chi connectivity index (χ0v) is 14.3. The van der Waals surface area contributed by atoms with Crippen LogP contribution in [0.1, 0.15) is 46.2 Å². The molecule has 0 aliphatic carbocycles. The van der Waals surface area contributed by atoms with Crippen LogP contribution in [0.15, 0.2) is 18.5 Å². The summed E-state index contributed by atoms with van der Waals surface area (Å²) in [5.74, 6) is 0. The second-order valence-electron chi connectivity index (χ2n) is 4.60. The number of aryl methyl sites for hydroxylation is 1. The van der Waals surface area contributed by atoms with Crippen LogP contribution in [0.25, 0.3) is 11.0 Å².